The summed E-state index contributed by atoms with van der Waals surface area (Å²) in [5.41, 5.74) is 0. The van der Waals surface area contributed by atoms with Gasteiger partial charge >= 0.3 is 5.97 Å². The molecule has 4 nitrogen and oxygen atoms in total. The largest absolute Gasteiger partial charge is 0.463 e. The van der Waals surface area contributed by atoms with E-state index in [4.69, 9.17) is 14.5 Å². The maximum absolute atomic E-state index is 11.2. The minimum Gasteiger partial charge on any atom is -0.463 e. The van der Waals surface area contributed by atoms with Crippen LogP contribution in [0.1, 0.15) is 84.0 Å². The predicted molar refractivity (Wildman–Crippen MR) is 75.9 cm³/mol. The lowest BCUT2D eigenvalue weighted by molar-refractivity contribution is -0.147. The van der Waals surface area contributed by atoms with Crippen molar-refractivity contribution in [3.05, 3.63) is 0 Å². The Bertz CT molecular complexity index is 299. The second kappa shape index (κ2) is 7.99. The molecule has 0 aromatic rings. The molecule has 20 heavy (non-hydrogen) atoms. The van der Waals surface area contributed by atoms with Gasteiger partial charge in [-0.3, -0.25) is 4.79 Å². The van der Waals surface area contributed by atoms with Crippen molar-refractivity contribution in [2.75, 3.05) is 0 Å². The van der Waals surface area contributed by atoms with Gasteiger partial charge < -0.3 is 4.74 Å². The molecule has 1 saturated carbocycles. The van der Waals surface area contributed by atoms with Crippen molar-refractivity contribution in [2.45, 2.75) is 95.9 Å². The lowest BCUT2D eigenvalue weighted by Crippen LogP contribution is -2.20. The number of carbonyl (C=O) groups excluding carboxylic acids is 1. The number of hydrogen-bond donors (Lipinski definition) is 0. The van der Waals surface area contributed by atoms with Gasteiger partial charge in [-0.25, -0.2) is 0 Å². The molecule has 0 radical (unpaired) electrons. The second-order valence-corrected chi connectivity index (χ2v) is 6.21. The minimum absolute atomic E-state index is 0.0279. The summed E-state index contributed by atoms with van der Waals surface area (Å²) < 4.78 is 5.42. The smallest absolute Gasteiger partial charge is 0.302 e. The summed E-state index contributed by atoms with van der Waals surface area (Å²) in [4.78, 5) is 21.6. The molecule has 0 N–H and O–H groups in total. The first-order valence-corrected chi connectivity index (χ1v) is 8.24. The quantitative estimate of drug-likeness (QED) is 0.410. The van der Waals surface area contributed by atoms with Crippen molar-refractivity contribution in [2.24, 2.45) is 0 Å². The molecule has 2 fully saturated rings. The zero-order valence-electron chi connectivity index (χ0n) is 12.7. The molecule has 0 aromatic carbocycles. The monoisotopic (exact) mass is 284 g/mol. The van der Waals surface area contributed by atoms with Gasteiger partial charge in [0.05, 0.1) is 0 Å². The van der Waals surface area contributed by atoms with Crippen molar-refractivity contribution in [3.63, 3.8) is 0 Å². The third-order valence-corrected chi connectivity index (χ3v) is 4.33. The third kappa shape index (κ3) is 5.80. The molecule has 1 spiro atoms. The van der Waals surface area contributed by atoms with Gasteiger partial charge in [0.1, 0.15) is 6.10 Å². The van der Waals surface area contributed by atoms with E-state index in [-0.39, 0.29) is 17.9 Å². The van der Waals surface area contributed by atoms with E-state index in [0.717, 1.165) is 38.5 Å². The van der Waals surface area contributed by atoms with E-state index >= 15 is 0 Å². The van der Waals surface area contributed by atoms with Gasteiger partial charge in [0.15, 0.2) is 0 Å². The molecular formula is C16H28O4. The van der Waals surface area contributed by atoms with E-state index in [0.29, 0.717) is 0 Å². The summed E-state index contributed by atoms with van der Waals surface area (Å²) in [6.45, 7) is 1.49. The third-order valence-electron chi connectivity index (χ3n) is 4.33. The van der Waals surface area contributed by atoms with Gasteiger partial charge in [-0.1, -0.05) is 38.5 Å². The van der Waals surface area contributed by atoms with E-state index in [1.807, 2.05) is 0 Å². The molecule has 1 heterocycles. The average molecular weight is 284 g/mol. The van der Waals surface area contributed by atoms with E-state index in [1.165, 1.54) is 45.4 Å². The molecule has 1 saturated heterocycles. The first-order chi connectivity index (χ1) is 9.70. The van der Waals surface area contributed by atoms with Crippen molar-refractivity contribution in [3.8, 4) is 0 Å². The van der Waals surface area contributed by atoms with E-state index in [9.17, 15) is 4.79 Å². The maximum Gasteiger partial charge on any atom is 0.302 e. The Morgan fingerprint density at radius 2 is 1.50 bits per heavy atom. The molecule has 2 rings (SSSR count). The Hall–Kier alpha value is -0.610. The summed E-state index contributed by atoms with van der Waals surface area (Å²) in [7, 11) is 0. The summed E-state index contributed by atoms with van der Waals surface area (Å²) in [5, 5.41) is 0. The van der Waals surface area contributed by atoms with Crippen LogP contribution in [-0.2, 0) is 19.3 Å². The van der Waals surface area contributed by atoms with Crippen molar-refractivity contribution >= 4 is 5.97 Å². The fraction of sp³-hybridized carbons (Fsp3) is 0.938. The molecule has 1 unspecified atom stereocenters. The Balaban J connectivity index is 1.82. The molecule has 116 valence electrons. The Labute approximate surface area is 122 Å². The van der Waals surface area contributed by atoms with E-state index in [2.05, 4.69) is 0 Å². The number of ether oxygens (including phenoxy) is 1. The zero-order chi connectivity index (χ0) is 14.3. The highest BCUT2D eigenvalue weighted by Crippen LogP contribution is 2.40. The van der Waals surface area contributed by atoms with Gasteiger partial charge in [-0.05, 0) is 25.7 Å². The lowest BCUT2D eigenvalue weighted by atomic mass is 9.97. The first kappa shape index (κ1) is 15.8. The summed E-state index contributed by atoms with van der Waals surface area (Å²) in [6.07, 6.45) is 13.8. The van der Waals surface area contributed by atoms with Gasteiger partial charge in [0.25, 0.3) is 0 Å². The molecule has 0 aromatic heterocycles. The molecular weight excluding hydrogens is 256 g/mol. The number of rotatable bonds is 1. The zero-order valence-corrected chi connectivity index (χ0v) is 12.7. The van der Waals surface area contributed by atoms with Crippen LogP contribution in [-0.4, -0.2) is 17.9 Å². The lowest BCUT2D eigenvalue weighted by Gasteiger charge is -2.18. The Morgan fingerprint density at radius 3 is 2.10 bits per heavy atom. The number of esters is 1. The van der Waals surface area contributed by atoms with Crippen LogP contribution in [0.3, 0.4) is 0 Å². The molecule has 1 aliphatic heterocycles. The van der Waals surface area contributed by atoms with Crippen molar-refractivity contribution < 1.29 is 19.3 Å². The highest BCUT2D eigenvalue weighted by atomic mass is 17.4. The summed E-state index contributed by atoms with van der Waals surface area (Å²) in [6, 6.07) is 0. The maximum atomic E-state index is 11.2. The SMILES string of the molecule is CC(=O)OC1CCCCCCCCCCC2(CC1)OO2. The van der Waals surface area contributed by atoms with E-state index in [1.54, 1.807) is 0 Å². The normalized spacial score (nSPS) is 28.6. The Kier molecular flexibility index (Phi) is 6.30. The van der Waals surface area contributed by atoms with E-state index < -0.39 is 0 Å². The van der Waals surface area contributed by atoms with Gasteiger partial charge in [0.2, 0.25) is 5.79 Å². The van der Waals surface area contributed by atoms with Crippen molar-refractivity contribution in [1.82, 2.24) is 0 Å². The Morgan fingerprint density at radius 1 is 0.900 bits per heavy atom. The highest BCUT2D eigenvalue weighted by molar-refractivity contribution is 5.66. The standard InChI is InChI=1S/C16H28O4/c1-14(17)18-15-10-8-6-4-2-3-5-7-9-12-16(13-11-15)19-20-16/h15H,2-13H2,1H3. The summed E-state index contributed by atoms with van der Waals surface area (Å²) >= 11 is 0. The van der Waals surface area contributed by atoms with Crippen LogP contribution < -0.4 is 0 Å². The van der Waals surface area contributed by atoms with Crippen LogP contribution >= 0.6 is 0 Å². The molecule has 0 bridgehead atoms. The van der Waals surface area contributed by atoms with Crippen LogP contribution in [0.2, 0.25) is 0 Å². The fourth-order valence-corrected chi connectivity index (χ4v) is 3.06. The molecule has 1 atom stereocenters. The fourth-order valence-electron chi connectivity index (χ4n) is 3.06. The predicted octanol–water partition coefficient (Wildman–Crippen LogP) is 4.27. The average Bonchev–Trinajstić information content (AvgIpc) is 3.17. The second-order valence-electron chi connectivity index (χ2n) is 6.21. The summed E-state index contributed by atoms with van der Waals surface area (Å²) in [5.74, 6) is -0.537. The minimum atomic E-state index is -0.359. The first-order valence-electron chi connectivity index (χ1n) is 8.24. The van der Waals surface area contributed by atoms with Crippen LogP contribution in [0.4, 0.5) is 0 Å². The molecule has 0 amide bonds. The van der Waals surface area contributed by atoms with Gasteiger partial charge in [-0.2, -0.15) is 9.78 Å². The van der Waals surface area contributed by atoms with Crippen LogP contribution in [0.5, 0.6) is 0 Å². The van der Waals surface area contributed by atoms with Crippen LogP contribution in [0.15, 0.2) is 0 Å². The topological polar surface area (TPSA) is 51.4 Å². The van der Waals surface area contributed by atoms with Gasteiger partial charge in [0, 0.05) is 19.8 Å². The van der Waals surface area contributed by atoms with Crippen LogP contribution in [0, 0.1) is 0 Å². The molecule has 4 heteroatoms. The number of hydrogen-bond acceptors (Lipinski definition) is 4. The highest BCUT2D eigenvalue weighted by Gasteiger charge is 2.48. The number of carbonyl (C=O) groups is 1. The van der Waals surface area contributed by atoms with Gasteiger partial charge in [-0.15, -0.1) is 0 Å². The van der Waals surface area contributed by atoms with Crippen LogP contribution in [0.25, 0.3) is 0 Å². The van der Waals surface area contributed by atoms with Crippen molar-refractivity contribution in [1.29, 1.82) is 0 Å². The molecule has 1 aliphatic carbocycles. The molecule has 2 aliphatic rings.